The van der Waals surface area contributed by atoms with Crippen molar-refractivity contribution in [2.75, 3.05) is 20.8 Å². The second-order valence-corrected chi connectivity index (χ2v) is 5.62. The highest BCUT2D eigenvalue weighted by Crippen LogP contribution is 2.26. The molecule has 0 aliphatic heterocycles. The van der Waals surface area contributed by atoms with Gasteiger partial charge in [-0.2, -0.15) is 0 Å². The van der Waals surface area contributed by atoms with Gasteiger partial charge in [0.1, 0.15) is 17.1 Å². The first-order valence-electron chi connectivity index (χ1n) is 7.97. The van der Waals surface area contributed by atoms with Gasteiger partial charge in [0.05, 0.1) is 26.9 Å². The normalized spacial score (nSPS) is 10.5. The summed E-state index contributed by atoms with van der Waals surface area (Å²) in [6, 6.07) is 12.1. The Balaban J connectivity index is 1.61. The zero-order valence-electron chi connectivity index (χ0n) is 14.5. The smallest absolute Gasteiger partial charge is 0.310 e. The van der Waals surface area contributed by atoms with Gasteiger partial charge in [0.15, 0.2) is 12.4 Å². The van der Waals surface area contributed by atoms with Crippen molar-refractivity contribution in [3.63, 3.8) is 0 Å². The quantitative estimate of drug-likeness (QED) is 0.478. The molecule has 0 aliphatic carbocycles. The minimum Gasteiger partial charge on any atom is -0.497 e. The molecule has 0 amide bonds. The van der Waals surface area contributed by atoms with Gasteiger partial charge in [-0.15, -0.1) is 0 Å². The molecule has 134 valence electrons. The maximum absolute atomic E-state index is 12.1. The summed E-state index contributed by atoms with van der Waals surface area (Å²) in [6.45, 7) is -0.324. The van der Waals surface area contributed by atoms with E-state index < -0.39 is 5.97 Å². The molecular formula is C20H18O6. The molecule has 0 N–H and O–H groups in total. The second-order valence-electron chi connectivity index (χ2n) is 5.62. The SMILES string of the molecule is COc1cccc(C(=O)COC(=O)Cc2coc3cc(OC)ccc23)c1. The van der Waals surface area contributed by atoms with Crippen LogP contribution in [0.4, 0.5) is 0 Å². The van der Waals surface area contributed by atoms with Crippen molar-refractivity contribution in [1.82, 2.24) is 0 Å². The number of benzene rings is 2. The average molecular weight is 354 g/mol. The minimum atomic E-state index is -0.500. The van der Waals surface area contributed by atoms with Crippen molar-refractivity contribution in [1.29, 1.82) is 0 Å². The lowest BCUT2D eigenvalue weighted by atomic mass is 10.1. The monoisotopic (exact) mass is 354 g/mol. The summed E-state index contributed by atoms with van der Waals surface area (Å²) in [6.07, 6.45) is 1.53. The number of hydrogen-bond acceptors (Lipinski definition) is 6. The molecule has 3 aromatic rings. The van der Waals surface area contributed by atoms with Crippen molar-refractivity contribution < 1.29 is 28.2 Å². The fraction of sp³-hybridized carbons (Fsp3) is 0.200. The van der Waals surface area contributed by atoms with Crippen molar-refractivity contribution in [3.05, 3.63) is 59.9 Å². The van der Waals surface area contributed by atoms with E-state index in [-0.39, 0.29) is 18.8 Å². The Morgan fingerprint density at radius 1 is 1.00 bits per heavy atom. The van der Waals surface area contributed by atoms with Crippen LogP contribution < -0.4 is 9.47 Å². The van der Waals surface area contributed by atoms with Gasteiger partial charge in [0.2, 0.25) is 0 Å². The molecule has 1 heterocycles. The Labute approximate surface area is 150 Å². The zero-order chi connectivity index (χ0) is 18.5. The second kappa shape index (κ2) is 7.74. The fourth-order valence-electron chi connectivity index (χ4n) is 2.56. The van der Waals surface area contributed by atoms with Gasteiger partial charge in [0, 0.05) is 22.6 Å². The van der Waals surface area contributed by atoms with E-state index in [1.165, 1.54) is 13.4 Å². The Hall–Kier alpha value is -3.28. The third-order valence-corrected chi connectivity index (χ3v) is 3.95. The molecule has 1 aromatic heterocycles. The van der Waals surface area contributed by atoms with Crippen molar-refractivity contribution in [3.8, 4) is 11.5 Å². The molecule has 0 unspecified atom stereocenters. The number of ketones is 1. The van der Waals surface area contributed by atoms with Gasteiger partial charge in [-0.3, -0.25) is 9.59 Å². The number of esters is 1. The molecule has 26 heavy (non-hydrogen) atoms. The predicted octanol–water partition coefficient (Wildman–Crippen LogP) is 3.42. The number of fused-ring (bicyclic) bond motifs is 1. The van der Waals surface area contributed by atoms with E-state index in [0.29, 0.717) is 28.2 Å². The number of hydrogen-bond donors (Lipinski definition) is 0. The lowest BCUT2D eigenvalue weighted by Gasteiger charge is -2.05. The van der Waals surface area contributed by atoms with Crippen LogP contribution in [0.3, 0.4) is 0 Å². The van der Waals surface area contributed by atoms with Crippen LogP contribution in [0.5, 0.6) is 11.5 Å². The summed E-state index contributed by atoms with van der Waals surface area (Å²) in [5.74, 6) is 0.450. The minimum absolute atomic E-state index is 0.0186. The molecule has 0 fully saturated rings. The molecule has 3 rings (SSSR count). The summed E-state index contributed by atoms with van der Waals surface area (Å²) in [5.41, 5.74) is 1.75. The van der Waals surface area contributed by atoms with Gasteiger partial charge in [0.25, 0.3) is 0 Å². The molecule has 0 spiro atoms. The number of furan rings is 1. The summed E-state index contributed by atoms with van der Waals surface area (Å²) in [5, 5.41) is 0.807. The molecule has 2 aromatic carbocycles. The molecule has 0 saturated carbocycles. The number of rotatable bonds is 7. The lowest BCUT2D eigenvalue weighted by Crippen LogP contribution is -2.15. The standard InChI is InChI=1S/C20H18O6/c1-23-15-5-3-4-13(8-15)18(21)12-26-20(22)9-14-11-25-19-10-16(24-2)6-7-17(14)19/h3-8,10-11H,9,12H2,1-2H3. The third kappa shape index (κ3) is 3.85. The first-order valence-corrected chi connectivity index (χ1v) is 7.97. The zero-order valence-corrected chi connectivity index (χ0v) is 14.5. The van der Waals surface area contributed by atoms with E-state index in [9.17, 15) is 9.59 Å². The largest absolute Gasteiger partial charge is 0.497 e. The number of ether oxygens (including phenoxy) is 3. The Bertz CT molecular complexity index is 940. The first-order chi connectivity index (χ1) is 12.6. The van der Waals surface area contributed by atoms with Gasteiger partial charge in [-0.1, -0.05) is 12.1 Å². The first kappa shape index (κ1) is 17.5. The molecule has 0 aliphatic rings. The van der Waals surface area contributed by atoms with E-state index >= 15 is 0 Å². The van der Waals surface area contributed by atoms with E-state index in [1.807, 2.05) is 6.07 Å². The molecule has 0 saturated heterocycles. The Kier molecular flexibility index (Phi) is 5.22. The fourth-order valence-corrected chi connectivity index (χ4v) is 2.56. The van der Waals surface area contributed by atoms with Crippen LogP contribution >= 0.6 is 0 Å². The molecular weight excluding hydrogens is 336 g/mol. The van der Waals surface area contributed by atoms with Crippen molar-refractivity contribution in [2.24, 2.45) is 0 Å². The number of carbonyl (C=O) groups excluding carboxylic acids is 2. The van der Waals surface area contributed by atoms with Crippen LogP contribution in [-0.4, -0.2) is 32.6 Å². The Morgan fingerprint density at radius 3 is 2.54 bits per heavy atom. The van der Waals surface area contributed by atoms with Gasteiger partial charge >= 0.3 is 5.97 Å². The van der Waals surface area contributed by atoms with Crippen molar-refractivity contribution in [2.45, 2.75) is 6.42 Å². The number of Topliss-reactive ketones (excluding diaryl/α,β-unsaturated/α-hetero) is 1. The van der Waals surface area contributed by atoms with Crippen LogP contribution in [0, 0.1) is 0 Å². The molecule has 6 nitrogen and oxygen atoms in total. The highest BCUT2D eigenvalue weighted by molar-refractivity contribution is 5.98. The van der Waals surface area contributed by atoms with E-state index in [4.69, 9.17) is 18.6 Å². The van der Waals surface area contributed by atoms with E-state index in [0.717, 1.165) is 5.39 Å². The summed E-state index contributed by atoms with van der Waals surface area (Å²) >= 11 is 0. The van der Waals surface area contributed by atoms with E-state index in [1.54, 1.807) is 43.5 Å². The third-order valence-electron chi connectivity index (χ3n) is 3.95. The van der Waals surface area contributed by atoms with Crippen LogP contribution in [0.15, 0.2) is 53.1 Å². The predicted molar refractivity (Wildman–Crippen MR) is 94.8 cm³/mol. The summed E-state index contributed by atoms with van der Waals surface area (Å²) in [7, 11) is 3.09. The van der Waals surface area contributed by atoms with Gasteiger partial charge < -0.3 is 18.6 Å². The van der Waals surface area contributed by atoms with Crippen LogP contribution in [0.2, 0.25) is 0 Å². The highest BCUT2D eigenvalue weighted by atomic mass is 16.5. The van der Waals surface area contributed by atoms with Crippen LogP contribution in [0.1, 0.15) is 15.9 Å². The van der Waals surface area contributed by atoms with Crippen molar-refractivity contribution >= 4 is 22.7 Å². The summed E-state index contributed by atoms with van der Waals surface area (Å²) in [4.78, 5) is 24.2. The van der Waals surface area contributed by atoms with Crippen LogP contribution in [-0.2, 0) is 16.0 Å². The number of methoxy groups -OCH3 is 2. The molecule has 6 heteroatoms. The van der Waals surface area contributed by atoms with Gasteiger partial charge in [-0.25, -0.2) is 0 Å². The highest BCUT2D eigenvalue weighted by Gasteiger charge is 2.14. The number of carbonyl (C=O) groups is 2. The van der Waals surface area contributed by atoms with Gasteiger partial charge in [-0.05, 0) is 24.3 Å². The van der Waals surface area contributed by atoms with Crippen LogP contribution in [0.25, 0.3) is 11.0 Å². The average Bonchev–Trinajstić information content (AvgIpc) is 3.07. The lowest BCUT2D eigenvalue weighted by molar-refractivity contribution is -0.141. The maximum Gasteiger partial charge on any atom is 0.310 e. The molecule has 0 atom stereocenters. The molecule has 0 radical (unpaired) electrons. The van der Waals surface area contributed by atoms with E-state index in [2.05, 4.69) is 0 Å². The topological polar surface area (TPSA) is 75.0 Å². The maximum atomic E-state index is 12.1. The Morgan fingerprint density at radius 2 is 1.77 bits per heavy atom. The molecule has 0 bridgehead atoms. The summed E-state index contributed by atoms with van der Waals surface area (Å²) < 4.78 is 20.8.